The Kier molecular flexibility index (Phi) is 4.47. The van der Waals surface area contributed by atoms with Crippen LogP contribution < -0.4 is 14.3 Å². The van der Waals surface area contributed by atoms with Crippen molar-refractivity contribution in [1.82, 2.24) is 4.83 Å². The summed E-state index contributed by atoms with van der Waals surface area (Å²) >= 11 is 9.10. The fourth-order valence-corrected chi connectivity index (χ4v) is 3.21. The molecule has 9 heteroatoms. The average Bonchev–Trinajstić information content (AvgIpc) is 2.95. The van der Waals surface area contributed by atoms with Gasteiger partial charge < -0.3 is 9.47 Å². The molecule has 3 rings (SSSR count). The Morgan fingerprint density at radius 2 is 1.83 bits per heavy atom. The van der Waals surface area contributed by atoms with Crippen LogP contribution in [0.1, 0.15) is 5.56 Å². The first-order valence-corrected chi connectivity index (χ1v) is 9.01. The predicted molar refractivity (Wildman–Crippen MR) is 89.6 cm³/mol. The van der Waals surface area contributed by atoms with Crippen LogP contribution in [0.5, 0.6) is 11.5 Å². The third-order valence-electron chi connectivity index (χ3n) is 2.99. The van der Waals surface area contributed by atoms with E-state index in [2.05, 4.69) is 25.9 Å². The molecule has 0 aromatic heterocycles. The molecule has 1 aliphatic heterocycles. The molecule has 1 N–H and O–H groups in total. The minimum atomic E-state index is -3.75. The summed E-state index contributed by atoms with van der Waals surface area (Å²) in [6.45, 7) is 0.158. The second-order valence-electron chi connectivity index (χ2n) is 4.53. The lowest BCUT2D eigenvalue weighted by molar-refractivity contribution is 0.174. The highest BCUT2D eigenvalue weighted by Gasteiger charge is 2.16. The number of fused-ring (bicyclic) bond motifs is 1. The summed E-state index contributed by atoms with van der Waals surface area (Å²) in [7, 11) is -3.75. The fraction of sp³-hybridized carbons (Fsp3) is 0.0714. The van der Waals surface area contributed by atoms with Crippen LogP contribution >= 0.6 is 27.5 Å². The smallest absolute Gasteiger partial charge is 0.276 e. The molecule has 0 fully saturated rings. The van der Waals surface area contributed by atoms with Crippen molar-refractivity contribution in [2.24, 2.45) is 5.10 Å². The minimum Gasteiger partial charge on any atom is -0.454 e. The highest BCUT2D eigenvalue weighted by molar-refractivity contribution is 9.10. The Morgan fingerprint density at radius 3 is 2.52 bits per heavy atom. The van der Waals surface area contributed by atoms with Gasteiger partial charge in [0.25, 0.3) is 10.0 Å². The van der Waals surface area contributed by atoms with E-state index in [0.29, 0.717) is 26.6 Å². The van der Waals surface area contributed by atoms with Gasteiger partial charge in [0.05, 0.1) is 11.1 Å². The van der Waals surface area contributed by atoms with Crippen LogP contribution in [0.15, 0.2) is 50.9 Å². The summed E-state index contributed by atoms with van der Waals surface area (Å²) in [5, 5.41) is 4.23. The monoisotopic (exact) mass is 416 g/mol. The van der Waals surface area contributed by atoms with Gasteiger partial charge >= 0.3 is 0 Å². The molecule has 0 aliphatic carbocycles. The van der Waals surface area contributed by atoms with Crippen LogP contribution in [0.3, 0.4) is 0 Å². The van der Waals surface area contributed by atoms with Gasteiger partial charge in [-0.25, -0.2) is 4.83 Å². The second-order valence-corrected chi connectivity index (χ2v) is 7.49. The topological polar surface area (TPSA) is 77.0 Å². The molecule has 2 aromatic carbocycles. The lowest BCUT2D eigenvalue weighted by Gasteiger charge is -2.04. The van der Waals surface area contributed by atoms with E-state index in [-0.39, 0.29) is 11.7 Å². The standard InChI is InChI=1S/C14H10BrClN2O4S/c15-12-6-14-13(21-8-22-14)5-9(12)7-17-18-23(19,20)11-3-1-10(16)2-4-11/h1-7,18H,8H2. The zero-order valence-corrected chi connectivity index (χ0v) is 14.7. The quantitative estimate of drug-likeness (QED) is 0.612. The molecular weight excluding hydrogens is 408 g/mol. The number of hydrogen-bond acceptors (Lipinski definition) is 5. The third-order valence-corrected chi connectivity index (χ3v) is 5.17. The number of rotatable bonds is 4. The molecule has 0 atom stereocenters. The molecule has 2 aromatic rings. The van der Waals surface area contributed by atoms with Crippen molar-refractivity contribution < 1.29 is 17.9 Å². The number of ether oxygens (including phenoxy) is 2. The number of nitrogens with zero attached hydrogens (tertiary/aromatic N) is 1. The Morgan fingerprint density at radius 1 is 1.17 bits per heavy atom. The Labute approximate surface area is 146 Å². The van der Waals surface area contributed by atoms with Gasteiger partial charge in [-0.3, -0.25) is 0 Å². The van der Waals surface area contributed by atoms with Crippen molar-refractivity contribution in [3.8, 4) is 11.5 Å². The Hall–Kier alpha value is -1.77. The van der Waals surface area contributed by atoms with Gasteiger partial charge in [0, 0.05) is 15.1 Å². The first kappa shape index (κ1) is 16.1. The SMILES string of the molecule is O=S(=O)(NN=Cc1cc2c(cc1Br)OCO2)c1ccc(Cl)cc1. The number of sulfonamides is 1. The third kappa shape index (κ3) is 3.60. The van der Waals surface area contributed by atoms with Crippen LogP contribution in [0.4, 0.5) is 0 Å². The number of nitrogens with one attached hydrogen (secondary N) is 1. The molecule has 0 saturated carbocycles. The van der Waals surface area contributed by atoms with E-state index < -0.39 is 10.0 Å². The van der Waals surface area contributed by atoms with Gasteiger partial charge in [0.15, 0.2) is 11.5 Å². The second kappa shape index (κ2) is 6.38. The number of benzene rings is 2. The maximum absolute atomic E-state index is 12.1. The summed E-state index contributed by atoms with van der Waals surface area (Å²) in [5.41, 5.74) is 0.646. The van der Waals surface area contributed by atoms with Crippen molar-refractivity contribution in [3.63, 3.8) is 0 Å². The summed E-state index contributed by atoms with van der Waals surface area (Å²) in [5.74, 6) is 1.20. The van der Waals surface area contributed by atoms with Crippen LogP contribution in [0, 0.1) is 0 Å². The lowest BCUT2D eigenvalue weighted by atomic mass is 10.2. The first-order chi connectivity index (χ1) is 11.0. The van der Waals surface area contributed by atoms with Gasteiger partial charge in [-0.1, -0.05) is 11.6 Å². The molecule has 1 heterocycles. The molecule has 1 aliphatic rings. The van der Waals surface area contributed by atoms with Crippen molar-refractivity contribution in [2.45, 2.75) is 4.90 Å². The number of hydrazone groups is 1. The van der Waals surface area contributed by atoms with Crippen molar-refractivity contribution in [2.75, 3.05) is 6.79 Å². The van der Waals surface area contributed by atoms with E-state index in [1.165, 1.54) is 30.5 Å². The minimum absolute atomic E-state index is 0.0730. The predicted octanol–water partition coefficient (Wildman–Crippen LogP) is 3.14. The highest BCUT2D eigenvalue weighted by atomic mass is 79.9. The number of hydrogen-bond donors (Lipinski definition) is 1. The average molecular weight is 418 g/mol. The molecule has 6 nitrogen and oxygen atoms in total. The van der Waals surface area contributed by atoms with Crippen LogP contribution in [0.2, 0.25) is 5.02 Å². The van der Waals surface area contributed by atoms with E-state index in [1.807, 2.05) is 0 Å². The van der Waals surface area contributed by atoms with Gasteiger partial charge in [-0.05, 0) is 52.3 Å². The molecule has 120 valence electrons. The van der Waals surface area contributed by atoms with Crippen LogP contribution in [-0.2, 0) is 10.0 Å². The highest BCUT2D eigenvalue weighted by Crippen LogP contribution is 2.36. The van der Waals surface area contributed by atoms with Gasteiger partial charge in [0.1, 0.15) is 0 Å². The maximum atomic E-state index is 12.1. The molecule has 0 radical (unpaired) electrons. The van der Waals surface area contributed by atoms with E-state index in [1.54, 1.807) is 12.1 Å². The molecule has 0 spiro atoms. The first-order valence-electron chi connectivity index (χ1n) is 6.35. The largest absolute Gasteiger partial charge is 0.454 e. The normalized spacial score (nSPS) is 13.5. The molecule has 0 bridgehead atoms. The van der Waals surface area contributed by atoms with Gasteiger partial charge in [-0.15, -0.1) is 0 Å². The maximum Gasteiger partial charge on any atom is 0.276 e. The molecular formula is C14H10BrClN2O4S. The van der Waals surface area contributed by atoms with E-state index in [0.717, 1.165) is 0 Å². The summed E-state index contributed by atoms with van der Waals surface area (Å²) in [6.07, 6.45) is 1.37. The molecule has 0 saturated heterocycles. The van der Waals surface area contributed by atoms with Gasteiger partial charge in [0.2, 0.25) is 6.79 Å². The molecule has 0 unspecified atom stereocenters. The van der Waals surface area contributed by atoms with Crippen LogP contribution in [0.25, 0.3) is 0 Å². The summed E-state index contributed by atoms with van der Waals surface area (Å²) in [6, 6.07) is 9.22. The molecule has 0 amide bonds. The van der Waals surface area contributed by atoms with E-state index >= 15 is 0 Å². The Balaban J connectivity index is 1.77. The van der Waals surface area contributed by atoms with Gasteiger partial charge in [-0.2, -0.15) is 13.5 Å². The van der Waals surface area contributed by atoms with Crippen LogP contribution in [-0.4, -0.2) is 21.4 Å². The summed E-state index contributed by atoms with van der Waals surface area (Å²) in [4.78, 5) is 2.22. The number of halogens is 2. The van der Waals surface area contributed by atoms with Crippen molar-refractivity contribution >= 4 is 43.8 Å². The zero-order valence-electron chi connectivity index (χ0n) is 11.5. The van der Waals surface area contributed by atoms with E-state index in [4.69, 9.17) is 21.1 Å². The molecule has 23 heavy (non-hydrogen) atoms. The lowest BCUT2D eigenvalue weighted by Crippen LogP contribution is -2.18. The van der Waals surface area contributed by atoms with Crippen molar-refractivity contribution in [1.29, 1.82) is 0 Å². The zero-order chi connectivity index (χ0) is 16.4. The Bertz CT molecular complexity index is 869. The fourth-order valence-electron chi connectivity index (χ4n) is 1.86. The summed E-state index contributed by atoms with van der Waals surface area (Å²) < 4.78 is 35.4. The van der Waals surface area contributed by atoms with E-state index in [9.17, 15) is 8.42 Å². The van der Waals surface area contributed by atoms with Crippen molar-refractivity contribution in [3.05, 3.63) is 51.5 Å².